The third-order valence-corrected chi connectivity index (χ3v) is 7.91. The van der Waals surface area contributed by atoms with Crippen LogP contribution in [0.2, 0.25) is 0 Å². The van der Waals surface area contributed by atoms with Gasteiger partial charge in [0.05, 0.1) is 65.3 Å². The zero-order chi connectivity index (χ0) is 49.7. The van der Waals surface area contributed by atoms with Crippen LogP contribution >= 0.6 is 0 Å². The molecule has 0 aromatic heterocycles. The lowest BCUT2D eigenvalue weighted by molar-refractivity contribution is -0.190. The fourth-order valence-corrected chi connectivity index (χ4v) is 4.38. The lowest BCUT2D eigenvalue weighted by Crippen LogP contribution is -2.48. The number of carbonyl (C=O) groups excluding carboxylic acids is 7. The van der Waals surface area contributed by atoms with Crippen LogP contribution in [0.15, 0.2) is 0 Å². The molecule has 0 aromatic rings. The third-order valence-electron chi connectivity index (χ3n) is 7.91. The van der Waals surface area contributed by atoms with Crippen molar-refractivity contribution >= 4 is 47.8 Å². The molecular weight excluding hydrogens is 860 g/mol. The summed E-state index contributed by atoms with van der Waals surface area (Å²) in [7, 11) is 0. The molecule has 0 aliphatic heterocycles. The maximum absolute atomic E-state index is 12.7. The quantitative estimate of drug-likeness (QED) is 0.0334. The van der Waals surface area contributed by atoms with Crippen LogP contribution in [0.1, 0.15) is 172 Å². The number of carboxylic acids is 1. The number of carbonyl (C=O) groups is 8. The van der Waals surface area contributed by atoms with Crippen molar-refractivity contribution in [2.45, 2.75) is 183 Å². The molecule has 20 nitrogen and oxygen atoms in total. The van der Waals surface area contributed by atoms with Crippen molar-refractivity contribution in [2.24, 2.45) is 0 Å². The second kappa shape index (κ2) is 47.6. The summed E-state index contributed by atoms with van der Waals surface area (Å²) in [5.74, 6) is -6.58. The molecule has 0 atom stereocenters. The van der Waals surface area contributed by atoms with Crippen LogP contribution < -0.4 is 0 Å². The van der Waals surface area contributed by atoms with E-state index in [1.807, 2.05) is 55.4 Å². The molecule has 20 heteroatoms. The number of hydrogen-bond acceptors (Lipinski definition) is 18. The maximum atomic E-state index is 12.7. The number of hydrogen-bond donors (Lipinski definition) is 2. The Hall–Kier alpha value is -4.40. The maximum Gasteiger partial charge on any atom is 0.351 e. The molecule has 0 unspecified atom stereocenters. The van der Waals surface area contributed by atoms with Gasteiger partial charge in [-0.1, -0.05) is 80.1 Å². The van der Waals surface area contributed by atoms with Crippen molar-refractivity contribution in [3.05, 3.63) is 0 Å². The minimum absolute atomic E-state index is 0. The fourth-order valence-electron chi connectivity index (χ4n) is 4.38. The number of aliphatic carboxylic acids is 1. The summed E-state index contributed by atoms with van der Waals surface area (Å²) in [5, 5.41) is 18.0. The Morgan fingerprint density at radius 2 is 0.692 bits per heavy atom. The average Bonchev–Trinajstić information content (AvgIpc) is 3.21. The summed E-state index contributed by atoms with van der Waals surface area (Å²) in [6.45, 7) is 20.6. The standard InChI is InChI=1S/C20H34O8.C18H32O7.C5H12O2.C2H4O2.H2O/c1-5-8-11-25-17(22)14-20(28-16(4)21,19(24)27-13-10-7-3)15-18(23)26-12-9-6-2;1-4-7-10-23-15(19)13-18(22,17(21)25-12-9-6-3)14-16(20)24-11-8-5-2;1-3-6-5-7-4-2;1-2(3)4;/h5-15H2,1-4H3;22H,4-14H2,1-3H3;3-5H2,1-2H3;1H3,(H,3,4);1H2. The summed E-state index contributed by atoms with van der Waals surface area (Å²) < 4.78 is 45.2. The summed E-state index contributed by atoms with van der Waals surface area (Å²) >= 11 is 0. The van der Waals surface area contributed by atoms with Crippen LogP contribution in [0.3, 0.4) is 0 Å². The van der Waals surface area contributed by atoms with Gasteiger partial charge in [-0.05, 0) is 52.4 Å². The van der Waals surface area contributed by atoms with Gasteiger partial charge in [0.15, 0.2) is 5.60 Å². The lowest BCUT2D eigenvalue weighted by atomic mass is 9.95. The van der Waals surface area contributed by atoms with E-state index in [9.17, 15) is 38.7 Å². The predicted molar refractivity (Wildman–Crippen MR) is 238 cm³/mol. The van der Waals surface area contributed by atoms with Gasteiger partial charge in [-0.25, -0.2) is 9.59 Å². The minimum Gasteiger partial charge on any atom is -0.481 e. The molecule has 0 radical (unpaired) electrons. The van der Waals surface area contributed by atoms with Crippen molar-refractivity contribution in [3.8, 4) is 0 Å². The minimum atomic E-state index is -2.26. The molecule has 0 heterocycles. The van der Waals surface area contributed by atoms with Gasteiger partial charge in [-0.2, -0.15) is 0 Å². The van der Waals surface area contributed by atoms with E-state index in [0.717, 1.165) is 65.6 Å². The van der Waals surface area contributed by atoms with E-state index in [-0.39, 0.29) is 45.1 Å². The molecule has 65 heavy (non-hydrogen) atoms. The first-order chi connectivity index (χ1) is 30.3. The lowest BCUT2D eigenvalue weighted by Gasteiger charge is -2.29. The second-order valence-electron chi connectivity index (χ2n) is 14.2. The first-order valence-electron chi connectivity index (χ1n) is 22.6. The molecule has 0 amide bonds. The number of rotatable bonds is 33. The van der Waals surface area contributed by atoms with Gasteiger partial charge < -0.3 is 58.3 Å². The number of ether oxygens (including phenoxy) is 9. The molecule has 0 aromatic carbocycles. The Labute approximate surface area is 386 Å². The summed E-state index contributed by atoms with van der Waals surface area (Å²) in [4.78, 5) is 93.7. The highest BCUT2D eigenvalue weighted by Crippen LogP contribution is 2.26. The molecule has 0 aliphatic rings. The summed E-state index contributed by atoms with van der Waals surface area (Å²) in [6.07, 6.45) is 6.37. The SMILES string of the molecule is CC(=O)O.CCCCOC(=O)CC(CC(=O)OCCCC)(OC(C)=O)C(=O)OCCCC.CCCCOC(=O)CC(O)(CC(=O)OCCCC)C(=O)OCCCC.CCOCOCC.O. The Morgan fingerprint density at radius 1 is 0.431 bits per heavy atom. The zero-order valence-corrected chi connectivity index (χ0v) is 41.0. The zero-order valence-electron chi connectivity index (χ0n) is 41.0. The Balaban J connectivity index is -0.000000296. The van der Waals surface area contributed by atoms with Crippen LogP contribution in [0.5, 0.6) is 0 Å². The van der Waals surface area contributed by atoms with Crippen molar-refractivity contribution < 1.29 is 96.7 Å². The van der Waals surface area contributed by atoms with Crippen LogP contribution in [0.4, 0.5) is 0 Å². The van der Waals surface area contributed by atoms with Crippen LogP contribution in [-0.4, -0.2) is 134 Å². The van der Waals surface area contributed by atoms with Gasteiger partial charge in [0, 0.05) is 27.1 Å². The van der Waals surface area contributed by atoms with E-state index < -0.39 is 84.6 Å². The highest BCUT2D eigenvalue weighted by atomic mass is 16.7. The van der Waals surface area contributed by atoms with E-state index in [4.69, 9.17) is 52.5 Å². The van der Waals surface area contributed by atoms with Crippen molar-refractivity contribution in [2.75, 3.05) is 59.6 Å². The molecule has 4 N–H and O–H groups in total. The van der Waals surface area contributed by atoms with E-state index in [1.165, 1.54) is 0 Å². The highest BCUT2D eigenvalue weighted by Gasteiger charge is 2.49. The average molecular weight is 945 g/mol. The smallest absolute Gasteiger partial charge is 0.351 e. The van der Waals surface area contributed by atoms with Gasteiger partial charge in [0.2, 0.25) is 5.60 Å². The molecule has 0 aliphatic carbocycles. The van der Waals surface area contributed by atoms with Gasteiger partial charge in [-0.3, -0.25) is 28.8 Å². The van der Waals surface area contributed by atoms with Crippen LogP contribution in [0.25, 0.3) is 0 Å². The number of esters is 7. The third kappa shape index (κ3) is 44.6. The van der Waals surface area contributed by atoms with E-state index in [0.29, 0.717) is 45.3 Å². The largest absolute Gasteiger partial charge is 0.481 e. The molecule has 0 fully saturated rings. The van der Waals surface area contributed by atoms with E-state index >= 15 is 0 Å². The molecule has 0 spiro atoms. The molecule has 0 rings (SSSR count). The van der Waals surface area contributed by atoms with Gasteiger partial charge >= 0.3 is 41.8 Å². The van der Waals surface area contributed by atoms with Crippen molar-refractivity contribution in [1.82, 2.24) is 0 Å². The molecular formula is C45H84O20. The Kier molecular flexibility index (Phi) is 50.9. The second-order valence-corrected chi connectivity index (χ2v) is 14.2. The molecule has 384 valence electrons. The normalized spacial score (nSPS) is 10.3. The first-order valence-corrected chi connectivity index (χ1v) is 22.6. The topological polar surface area (TPSA) is 292 Å². The monoisotopic (exact) mass is 945 g/mol. The molecule has 0 saturated carbocycles. The van der Waals surface area contributed by atoms with E-state index in [2.05, 4.69) is 0 Å². The predicted octanol–water partition coefficient (Wildman–Crippen LogP) is 5.91. The number of aliphatic hydroxyl groups is 1. The van der Waals surface area contributed by atoms with Crippen molar-refractivity contribution in [3.63, 3.8) is 0 Å². The number of carboxylic acid groups (broad SMARTS) is 1. The highest BCUT2D eigenvalue weighted by molar-refractivity contribution is 5.92. The first kappa shape index (κ1) is 69.6. The van der Waals surface area contributed by atoms with Gasteiger partial charge in [0.25, 0.3) is 5.97 Å². The summed E-state index contributed by atoms with van der Waals surface area (Å²) in [5.41, 5.74) is -4.35. The Morgan fingerprint density at radius 3 is 0.954 bits per heavy atom. The summed E-state index contributed by atoms with van der Waals surface area (Å²) in [6, 6.07) is 0. The molecule has 0 saturated heterocycles. The fraction of sp³-hybridized carbons (Fsp3) is 0.822. The number of unbranched alkanes of at least 4 members (excludes halogenated alkanes) is 6. The van der Waals surface area contributed by atoms with Gasteiger partial charge in [0.1, 0.15) is 6.79 Å². The van der Waals surface area contributed by atoms with E-state index in [1.54, 1.807) is 0 Å². The molecule has 0 bridgehead atoms. The van der Waals surface area contributed by atoms with Crippen LogP contribution in [-0.2, 0) is 81.0 Å². The Bertz CT molecular complexity index is 1200. The van der Waals surface area contributed by atoms with Crippen molar-refractivity contribution in [1.29, 1.82) is 0 Å². The van der Waals surface area contributed by atoms with Gasteiger partial charge in [-0.15, -0.1) is 0 Å². The van der Waals surface area contributed by atoms with Crippen LogP contribution in [0, 0.1) is 0 Å².